The molecule has 0 unspecified atom stereocenters. The molecule has 0 radical (unpaired) electrons. The topological polar surface area (TPSA) is 0 Å². The van der Waals surface area contributed by atoms with Gasteiger partial charge in [-0.1, -0.05) is 43.5 Å². The lowest BCUT2D eigenvalue weighted by atomic mass is 10.0. The summed E-state index contributed by atoms with van der Waals surface area (Å²) in [4.78, 5) is 0. The van der Waals surface area contributed by atoms with Gasteiger partial charge in [0.05, 0.1) is 0 Å². The van der Waals surface area contributed by atoms with Crippen LogP contribution in [0.25, 0.3) is 5.57 Å². The van der Waals surface area contributed by atoms with Crippen molar-refractivity contribution >= 4 is 17.3 Å². The largest absolute Gasteiger partial charge is 0.134 e. The van der Waals surface area contributed by atoms with E-state index >= 15 is 0 Å². The Morgan fingerprint density at radius 1 is 1.24 bits per heavy atom. The fraction of sp³-hybridized carbons (Fsp3) is 0.500. The van der Waals surface area contributed by atoms with Crippen molar-refractivity contribution in [2.45, 2.75) is 47.0 Å². The molecule has 0 heterocycles. The summed E-state index contributed by atoms with van der Waals surface area (Å²) in [6.45, 7) is 8.81. The fourth-order valence-corrected chi connectivity index (χ4v) is 2.80. The van der Waals surface area contributed by atoms with Crippen molar-refractivity contribution in [2.24, 2.45) is 0 Å². The van der Waals surface area contributed by atoms with Crippen molar-refractivity contribution in [1.82, 2.24) is 0 Å². The van der Waals surface area contributed by atoms with Crippen molar-refractivity contribution in [3.63, 3.8) is 0 Å². The molecule has 0 aliphatic heterocycles. The lowest BCUT2D eigenvalue weighted by Crippen LogP contribution is -1.86. The molecule has 0 aliphatic carbocycles. The van der Waals surface area contributed by atoms with Gasteiger partial charge in [-0.3, -0.25) is 0 Å². The molecule has 1 aromatic rings. The third kappa shape index (κ3) is 4.99. The molecule has 0 aromatic heterocycles. The van der Waals surface area contributed by atoms with E-state index in [1.807, 2.05) is 11.8 Å². The smallest absolute Gasteiger partial charge is 0.00259 e. The molecule has 0 N–H and O–H groups in total. The molecule has 0 atom stereocenters. The molecule has 0 saturated carbocycles. The Morgan fingerprint density at radius 2 is 2.00 bits per heavy atom. The van der Waals surface area contributed by atoms with Gasteiger partial charge in [0.2, 0.25) is 0 Å². The van der Waals surface area contributed by atoms with E-state index < -0.39 is 0 Å². The average Bonchev–Trinajstić information content (AvgIpc) is 2.28. The Hall–Kier alpha value is -0.690. The quantitative estimate of drug-likeness (QED) is 0.591. The monoisotopic (exact) mass is 248 g/mol. The molecule has 0 saturated heterocycles. The first-order valence-corrected chi connectivity index (χ1v) is 7.56. The van der Waals surface area contributed by atoms with Gasteiger partial charge in [-0.2, -0.15) is 0 Å². The fourth-order valence-electron chi connectivity index (χ4n) is 1.94. The van der Waals surface area contributed by atoms with Gasteiger partial charge < -0.3 is 0 Å². The van der Waals surface area contributed by atoms with Gasteiger partial charge in [-0.05, 0) is 55.1 Å². The van der Waals surface area contributed by atoms with E-state index in [0.717, 1.165) is 0 Å². The summed E-state index contributed by atoms with van der Waals surface area (Å²) in [6.07, 6.45) is 3.99. The minimum Gasteiger partial charge on any atom is -0.134 e. The van der Waals surface area contributed by atoms with Crippen LogP contribution in [0.5, 0.6) is 0 Å². The summed E-state index contributed by atoms with van der Waals surface area (Å²) in [5.74, 6) is 1.25. The lowest BCUT2D eigenvalue weighted by Gasteiger charge is -2.07. The first-order valence-electron chi connectivity index (χ1n) is 6.51. The van der Waals surface area contributed by atoms with Gasteiger partial charge in [0.1, 0.15) is 0 Å². The maximum atomic E-state index is 2.31. The number of aryl methyl sites for hydroxylation is 2. The van der Waals surface area contributed by atoms with E-state index in [2.05, 4.69) is 51.3 Å². The standard InChI is InChI=1S/C16H24S/c1-5-6-7-10-17-12-15(4)16-9-8-13(2)11-14(16)3/h8-9,11-12H,5-7,10H2,1-4H3/b15-12+. The van der Waals surface area contributed by atoms with Gasteiger partial charge in [0.15, 0.2) is 0 Å². The Labute approximate surface area is 111 Å². The van der Waals surface area contributed by atoms with Crippen molar-refractivity contribution in [1.29, 1.82) is 0 Å². The highest BCUT2D eigenvalue weighted by molar-refractivity contribution is 8.02. The van der Waals surface area contributed by atoms with Crippen LogP contribution in [0.2, 0.25) is 0 Å². The molecular weight excluding hydrogens is 224 g/mol. The number of benzene rings is 1. The predicted octanol–water partition coefficient (Wildman–Crippen LogP) is 5.59. The SMILES string of the molecule is CCCCCS/C=C(\C)c1ccc(C)cc1C. The predicted molar refractivity (Wildman–Crippen MR) is 81.6 cm³/mol. The Kier molecular flexibility index (Phi) is 6.43. The van der Waals surface area contributed by atoms with Gasteiger partial charge in [-0.25, -0.2) is 0 Å². The summed E-state index contributed by atoms with van der Waals surface area (Å²) in [5.41, 5.74) is 5.50. The van der Waals surface area contributed by atoms with E-state index in [-0.39, 0.29) is 0 Å². The van der Waals surface area contributed by atoms with Crippen LogP contribution in [0, 0.1) is 13.8 Å². The summed E-state index contributed by atoms with van der Waals surface area (Å²) in [6, 6.07) is 6.69. The zero-order valence-corrected chi connectivity index (χ0v) is 12.4. The maximum Gasteiger partial charge on any atom is -0.00259 e. The number of hydrogen-bond acceptors (Lipinski definition) is 1. The van der Waals surface area contributed by atoms with E-state index in [0.29, 0.717) is 0 Å². The number of rotatable bonds is 6. The van der Waals surface area contributed by atoms with Crippen LogP contribution in [0.15, 0.2) is 23.6 Å². The van der Waals surface area contributed by atoms with E-state index in [1.165, 1.54) is 47.3 Å². The third-order valence-corrected chi connectivity index (χ3v) is 3.98. The van der Waals surface area contributed by atoms with Gasteiger partial charge in [0, 0.05) is 0 Å². The van der Waals surface area contributed by atoms with Gasteiger partial charge in [0.25, 0.3) is 0 Å². The van der Waals surface area contributed by atoms with Crippen LogP contribution in [-0.4, -0.2) is 5.75 Å². The number of thioether (sulfide) groups is 1. The third-order valence-electron chi connectivity index (χ3n) is 2.93. The van der Waals surface area contributed by atoms with Crippen LogP contribution < -0.4 is 0 Å². The summed E-state index contributed by atoms with van der Waals surface area (Å²) in [7, 11) is 0. The molecule has 1 heteroatoms. The Morgan fingerprint density at radius 3 is 2.65 bits per heavy atom. The highest BCUT2D eigenvalue weighted by Crippen LogP contribution is 2.22. The summed E-state index contributed by atoms with van der Waals surface area (Å²) < 4.78 is 0. The summed E-state index contributed by atoms with van der Waals surface area (Å²) in [5, 5.41) is 2.31. The summed E-state index contributed by atoms with van der Waals surface area (Å²) >= 11 is 1.95. The second-order valence-corrected chi connectivity index (χ2v) is 5.67. The van der Waals surface area contributed by atoms with Crippen molar-refractivity contribution in [3.05, 3.63) is 40.3 Å². The molecule has 1 rings (SSSR count). The minimum atomic E-state index is 1.25. The highest BCUT2D eigenvalue weighted by Gasteiger charge is 2.00. The van der Waals surface area contributed by atoms with E-state index in [4.69, 9.17) is 0 Å². The zero-order chi connectivity index (χ0) is 12.7. The van der Waals surface area contributed by atoms with Crippen molar-refractivity contribution in [3.8, 4) is 0 Å². The van der Waals surface area contributed by atoms with Gasteiger partial charge in [-0.15, -0.1) is 11.8 Å². The first-order chi connectivity index (χ1) is 8.15. The van der Waals surface area contributed by atoms with E-state index in [1.54, 1.807) is 0 Å². The molecule has 0 fully saturated rings. The van der Waals surface area contributed by atoms with Crippen molar-refractivity contribution < 1.29 is 0 Å². The minimum absolute atomic E-state index is 1.25. The number of hydrogen-bond donors (Lipinski definition) is 0. The van der Waals surface area contributed by atoms with Crippen molar-refractivity contribution in [2.75, 3.05) is 5.75 Å². The molecular formula is C16H24S. The lowest BCUT2D eigenvalue weighted by molar-refractivity contribution is 0.779. The van der Waals surface area contributed by atoms with Crippen LogP contribution >= 0.6 is 11.8 Å². The van der Waals surface area contributed by atoms with Crippen LogP contribution in [0.3, 0.4) is 0 Å². The second kappa shape index (κ2) is 7.60. The number of allylic oxidation sites excluding steroid dienone is 1. The second-order valence-electron chi connectivity index (χ2n) is 4.70. The molecule has 0 bridgehead atoms. The Balaban J connectivity index is 2.56. The molecule has 0 spiro atoms. The number of unbranched alkanes of at least 4 members (excludes halogenated alkanes) is 2. The van der Waals surface area contributed by atoms with Crippen LogP contribution in [0.1, 0.15) is 49.8 Å². The molecule has 94 valence electrons. The molecule has 1 aromatic carbocycles. The normalized spacial score (nSPS) is 11.9. The maximum absolute atomic E-state index is 2.31. The van der Waals surface area contributed by atoms with Gasteiger partial charge >= 0.3 is 0 Å². The molecule has 0 amide bonds. The Bertz CT molecular complexity index is 377. The molecule has 0 aliphatic rings. The molecule has 17 heavy (non-hydrogen) atoms. The highest BCUT2D eigenvalue weighted by atomic mass is 32.2. The first kappa shape index (κ1) is 14.4. The van der Waals surface area contributed by atoms with Crippen LogP contribution in [-0.2, 0) is 0 Å². The van der Waals surface area contributed by atoms with E-state index in [9.17, 15) is 0 Å². The zero-order valence-electron chi connectivity index (χ0n) is 11.5. The van der Waals surface area contributed by atoms with Crippen LogP contribution in [0.4, 0.5) is 0 Å². The average molecular weight is 248 g/mol. The molecule has 0 nitrogen and oxygen atoms in total.